The summed E-state index contributed by atoms with van der Waals surface area (Å²) in [6.45, 7) is 9.24. The fourth-order valence-electron chi connectivity index (χ4n) is 2.19. The Labute approximate surface area is 110 Å². The zero-order valence-electron chi connectivity index (χ0n) is 11.8. The summed E-state index contributed by atoms with van der Waals surface area (Å²) in [6.07, 6.45) is 7.89. The Balaban J connectivity index is 1.90. The first-order chi connectivity index (χ1) is 8.54. The molecule has 18 heavy (non-hydrogen) atoms. The van der Waals surface area contributed by atoms with E-state index in [0.29, 0.717) is 6.10 Å². The van der Waals surface area contributed by atoms with Gasteiger partial charge in [0.2, 0.25) is 0 Å². The van der Waals surface area contributed by atoms with Crippen LogP contribution in [0.15, 0.2) is 12.5 Å². The molecule has 1 aliphatic heterocycles. The Morgan fingerprint density at radius 2 is 2.28 bits per heavy atom. The molecule has 0 aromatic carbocycles. The van der Waals surface area contributed by atoms with Gasteiger partial charge in [0.05, 0.1) is 24.7 Å². The minimum atomic E-state index is 0.135. The summed E-state index contributed by atoms with van der Waals surface area (Å²) in [6, 6.07) is 0. The molecule has 2 rings (SSSR count). The van der Waals surface area contributed by atoms with E-state index in [0.717, 1.165) is 19.7 Å². The van der Waals surface area contributed by atoms with Crippen LogP contribution in [0.4, 0.5) is 0 Å². The summed E-state index contributed by atoms with van der Waals surface area (Å²) >= 11 is 0. The standard InChI is InChI=1S/C14H25N3O/c1-14(2,3)16-9-12-8-15-11-17(12)10-13-6-4-5-7-18-13/h8,11,13,16H,4-7,9-10H2,1-3H3. The van der Waals surface area contributed by atoms with E-state index in [2.05, 4.69) is 35.6 Å². The first-order valence-corrected chi connectivity index (χ1v) is 6.90. The van der Waals surface area contributed by atoms with E-state index in [9.17, 15) is 0 Å². The predicted molar refractivity (Wildman–Crippen MR) is 72.4 cm³/mol. The molecule has 0 spiro atoms. The third-order valence-electron chi connectivity index (χ3n) is 3.27. The first-order valence-electron chi connectivity index (χ1n) is 6.90. The molecule has 0 bridgehead atoms. The molecule has 1 aliphatic rings. The van der Waals surface area contributed by atoms with Gasteiger partial charge in [0, 0.05) is 24.9 Å². The lowest BCUT2D eigenvalue weighted by Gasteiger charge is -2.25. The third kappa shape index (κ3) is 4.10. The van der Waals surface area contributed by atoms with Crippen LogP contribution in [0.25, 0.3) is 0 Å². The molecule has 2 heterocycles. The van der Waals surface area contributed by atoms with Gasteiger partial charge in [0.15, 0.2) is 0 Å². The van der Waals surface area contributed by atoms with Crippen molar-refractivity contribution < 1.29 is 4.74 Å². The molecule has 1 aromatic rings. The highest BCUT2D eigenvalue weighted by atomic mass is 16.5. The molecule has 1 unspecified atom stereocenters. The second-order valence-corrected chi connectivity index (χ2v) is 6.13. The number of hydrogen-bond donors (Lipinski definition) is 1. The lowest BCUT2D eigenvalue weighted by atomic mass is 10.1. The smallest absolute Gasteiger partial charge is 0.0949 e. The monoisotopic (exact) mass is 251 g/mol. The lowest BCUT2D eigenvalue weighted by Crippen LogP contribution is -2.36. The first kappa shape index (κ1) is 13.6. The maximum absolute atomic E-state index is 5.78. The van der Waals surface area contributed by atoms with Crippen molar-refractivity contribution in [2.45, 2.75) is 64.8 Å². The van der Waals surface area contributed by atoms with Crippen molar-refractivity contribution in [3.63, 3.8) is 0 Å². The minimum Gasteiger partial charge on any atom is -0.376 e. The molecule has 102 valence electrons. The van der Waals surface area contributed by atoms with Crippen LogP contribution in [0.2, 0.25) is 0 Å². The molecule has 1 fully saturated rings. The maximum Gasteiger partial charge on any atom is 0.0949 e. The summed E-state index contributed by atoms with van der Waals surface area (Å²) in [5.41, 5.74) is 1.37. The van der Waals surface area contributed by atoms with Crippen LogP contribution in [0.3, 0.4) is 0 Å². The average Bonchev–Trinajstić information content (AvgIpc) is 2.74. The van der Waals surface area contributed by atoms with Gasteiger partial charge < -0.3 is 14.6 Å². The van der Waals surface area contributed by atoms with E-state index in [4.69, 9.17) is 4.74 Å². The summed E-state index contributed by atoms with van der Waals surface area (Å²) in [5.74, 6) is 0. The van der Waals surface area contributed by atoms with E-state index < -0.39 is 0 Å². The Bertz CT molecular complexity index is 361. The molecule has 1 N–H and O–H groups in total. The topological polar surface area (TPSA) is 39.1 Å². The number of ether oxygens (including phenoxy) is 1. The van der Waals surface area contributed by atoms with Gasteiger partial charge >= 0.3 is 0 Å². The molecule has 4 heteroatoms. The number of nitrogens with zero attached hydrogens (tertiary/aromatic N) is 2. The quantitative estimate of drug-likeness (QED) is 0.892. The summed E-state index contributed by atoms with van der Waals surface area (Å²) in [4.78, 5) is 4.26. The highest BCUT2D eigenvalue weighted by Gasteiger charge is 2.16. The van der Waals surface area contributed by atoms with E-state index in [-0.39, 0.29) is 5.54 Å². The fraction of sp³-hybridized carbons (Fsp3) is 0.786. The molecular formula is C14H25N3O. The van der Waals surface area contributed by atoms with Crippen LogP contribution < -0.4 is 5.32 Å². The van der Waals surface area contributed by atoms with Crippen molar-refractivity contribution in [1.82, 2.24) is 14.9 Å². The Hall–Kier alpha value is -0.870. The number of nitrogens with one attached hydrogen (secondary N) is 1. The molecule has 1 aromatic heterocycles. The van der Waals surface area contributed by atoms with Crippen molar-refractivity contribution >= 4 is 0 Å². The van der Waals surface area contributed by atoms with Gasteiger partial charge in [0.1, 0.15) is 0 Å². The summed E-state index contributed by atoms with van der Waals surface area (Å²) in [7, 11) is 0. The second-order valence-electron chi connectivity index (χ2n) is 6.13. The summed E-state index contributed by atoms with van der Waals surface area (Å²) in [5, 5.41) is 3.50. The number of hydrogen-bond acceptors (Lipinski definition) is 3. The normalized spacial score (nSPS) is 21.2. The van der Waals surface area contributed by atoms with Gasteiger partial charge in [-0.1, -0.05) is 0 Å². The molecule has 0 radical (unpaired) electrons. The third-order valence-corrected chi connectivity index (χ3v) is 3.27. The van der Waals surface area contributed by atoms with Crippen molar-refractivity contribution in [3.8, 4) is 0 Å². The van der Waals surface area contributed by atoms with E-state index in [1.54, 1.807) is 0 Å². The zero-order chi connectivity index (χ0) is 13.0. The van der Waals surface area contributed by atoms with Crippen molar-refractivity contribution in [2.75, 3.05) is 6.61 Å². The van der Waals surface area contributed by atoms with Gasteiger partial charge in [-0.05, 0) is 40.0 Å². The predicted octanol–water partition coefficient (Wildman–Crippen LogP) is 2.34. The molecule has 1 saturated heterocycles. The lowest BCUT2D eigenvalue weighted by molar-refractivity contribution is 0.00550. The Morgan fingerprint density at radius 3 is 2.94 bits per heavy atom. The molecule has 0 amide bonds. The van der Waals surface area contributed by atoms with Crippen LogP contribution in [0.1, 0.15) is 45.7 Å². The summed E-state index contributed by atoms with van der Waals surface area (Å²) < 4.78 is 8.00. The van der Waals surface area contributed by atoms with Gasteiger partial charge in [-0.15, -0.1) is 0 Å². The fourth-order valence-corrected chi connectivity index (χ4v) is 2.19. The second kappa shape index (κ2) is 5.85. The number of rotatable bonds is 4. The highest BCUT2D eigenvalue weighted by Crippen LogP contribution is 2.15. The molecule has 0 aliphatic carbocycles. The zero-order valence-corrected chi connectivity index (χ0v) is 11.8. The Morgan fingerprint density at radius 1 is 1.44 bits per heavy atom. The van der Waals surface area contributed by atoms with Crippen LogP contribution >= 0.6 is 0 Å². The van der Waals surface area contributed by atoms with Gasteiger partial charge in [-0.25, -0.2) is 4.98 Å². The van der Waals surface area contributed by atoms with Crippen molar-refractivity contribution in [3.05, 3.63) is 18.2 Å². The SMILES string of the molecule is CC(C)(C)NCc1cncn1CC1CCCCO1. The van der Waals surface area contributed by atoms with Crippen LogP contribution in [0, 0.1) is 0 Å². The average molecular weight is 251 g/mol. The van der Waals surface area contributed by atoms with Crippen LogP contribution in [0.5, 0.6) is 0 Å². The number of aromatic nitrogens is 2. The molecule has 0 saturated carbocycles. The Kier molecular flexibility index (Phi) is 4.40. The maximum atomic E-state index is 5.78. The van der Waals surface area contributed by atoms with Gasteiger partial charge in [-0.2, -0.15) is 0 Å². The van der Waals surface area contributed by atoms with Gasteiger partial charge in [-0.3, -0.25) is 0 Å². The van der Waals surface area contributed by atoms with E-state index in [1.165, 1.54) is 25.0 Å². The molecule has 1 atom stereocenters. The molecular weight excluding hydrogens is 226 g/mol. The van der Waals surface area contributed by atoms with Crippen molar-refractivity contribution in [1.29, 1.82) is 0 Å². The van der Waals surface area contributed by atoms with E-state index >= 15 is 0 Å². The van der Waals surface area contributed by atoms with E-state index in [1.807, 2.05) is 12.5 Å². The van der Waals surface area contributed by atoms with Crippen LogP contribution in [-0.4, -0.2) is 27.8 Å². The van der Waals surface area contributed by atoms with Crippen LogP contribution in [-0.2, 0) is 17.8 Å². The highest BCUT2D eigenvalue weighted by molar-refractivity contribution is 4.99. The van der Waals surface area contributed by atoms with Gasteiger partial charge in [0.25, 0.3) is 0 Å². The van der Waals surface area contributed by atoms with Crippen molar-refractivity contribution in [2.24, 2.45) is 0 Å². The molecule has 4 nitrogen and oxygen atoms in total. The largest absolute Gasteiger partial charge is 0.376 e. The number of imidazole rings is 1. The minimum absolute atomic E-state index is 0.135.